The standard InChI is InChI=1S/C32H31NO4/c1-19-13-14-20-7-3-4-8-22(20)23(19)18-37-28-16-15-21(17-29(28)36-2)30-31-24(9-5-11-26(31)34)33-25-10-6-12-27(35)32(25)30/h3-4,7-8,13-17,30,33H,5-6,9-12,18H2,1-2H3. The largest absolute Gasteiger partial charge is 0.493 e. The van der Waals surface area contributed by atoms with Crippen molar-refractivity contribution in [1.29, 1.82) is 0 Å². The van der Waals surface area contributed by atoms with E-state index >= 15 is 0 Å². The van der Waals surface area contributed by atoms with Crippen LogP contribution in [0.5, 0.6) is 11.5 Å². The number of benzene rings is 3. The van der Waals surface area contributed by atoms with Crippen molar-refractivity contribution in [3.05, 3.63) is 93.8 Å². The van der Waals surface area contributed by atoms with Crippen molar-refractivity contribution in [2.75, 3.05) is 7.11 Å². The second-order valence-corrected chi connectivity index (χ2v) is 10.2. The van der Waals surface area contributed by atoms with Crippen LogP contribution in [0.4, 0.5) is 0 Å². The van der Waals surface area contributed by atoms with Crippen molar-refractivity contribution < 1.29 is 19.1 Å². The zero-order chi connectivity index (χ0) is 25.5. The number of Topliss-reactive ketones (excluding diaryl/α,β-unsaturated/α-hetero) is 2. The molecule has 0 spiro atoms. The number of ether oxygens (including phenoxy) is 2. The molecule has 0 bridgehead atoms. The monoisotopic (exact) mass is 493 g/mol. The van der Waals surface area contributed by atoms with E-state index < -0.39 is 0 Å². The molecule has 0 atom stereocenters. The van der Waals surface area contributed by atoms with Crippen LogP contribution in [0.3, 0.4) is 0 Å². The molecular formula is C32H31NO4. The van der Waals surface area contributed by atoms with E-state index in [1.807, 2.05) is 30.3 Å². The van der Waals surface area contributed by atoms with E-state index in [1.165, 1.54) is 16.3 Å². The van der Waals surface area contributed by atoms with Gasteiger partial charge in [-0.1, -0.05) is 42.5 Å². The van der Waals surface area contributed by atoms with Gasteiger partial charge in [-0.05, 0) is 66.6 Å². The normalized spacial score (nSPS) is 18.0. The number of methoxy groups -OCH3 is 1. The van der Waals surface area contributed by atoms with Crippen LogP contribution < -0.4 is 14.8 Å². The van der Waals surface area contributed by atoms with E-state index in [1.54, 1.807) is 7.11 Å². The molecular weight excluding hydrogens is 462 g/mol. The highest BCUT2D eigenvalue weighted by molar-refractivity contribution is 6.06. The van der Waals surface area contributed by atoms with Crippen LogP contribution in [0, 0.1) is 6.92 Å². The summed E-state index contributed by atoms with van der Waals surface area (Å²) in [4.78, 5) is 26.3. The maximum atomic E-state index is 13.1. The third-order valence-corrected chi connectivity index (χ3v) is 7.96. The minimum atomic E-state index is -0.352. The van der Waals surface area contributed by atoms with E-state index in [-0.39, 0.29) is 17.5 Å². The van der Waals surface area contributed by atoms with E-state index in [0.29, 0.717) is 30.9 Å². The molecule has 188 valence electrons. The SMILES string of the molecule is COc1cc(C2C3=C(CCCC3=O)NC3=C2C(=O)CCC3)ccc1OCc1c(C)ccc2ccccc12. The van der Waals surface area contributed by atoms with E-state index in [2.05, 4.69) is 36.5 Å². The Kier molecular flexibility index (Phi) is 6.07. The first-order valence-electron chi connectivity index (χ1n) is 13.1. The lowest BCUT2D eigenvalue weighted by Gasteiger charge is -2.37. The molecule has 0 saturated heterocycles. The Balaban J connectivity index is 1.37. The highest BCUT2D eigenvalue weighted by atomic mass is 16.5. The van der Waals surface area contributed by atoms with Crippen LogP contribution in [-0.2, 0) is 16.2 Å². The molecule has 1 heterocycles. The Morgan fingerprint density at radius 2 is 1.54 bits per heavy atom. The van der Waals surface area contributed by atoms with Crippen LogP contribution in [0.15, 0.2) is 77.1 Å². The fourth-order valence-corrected chi connectivity index (χ4v) is 6.09. The summed E-state index contributed by atoms with van der Waals surface area (Å²) in [5, 5.41) is 5.84. The van der Waals surface area contributed by atoms with Gasteiger partial charge in [-0.25, -0.2) is 0 Å². The van der Waals surface area contributed by atoms with E-state index in [0.717, 1.165) is 59.4 Å². The maximum absolute atomic E-state index is 13.1. The van der Waals surface area contributed by atoms with Gasteiger partial charge in [-0.15, -0.1) is 0 Å². The van der Waals surface area contributed by atoms with E-state index in [4.69, 9.17) is 9.47 Å². The number of ketones is 2. The molecule has 2 aliphatic carbocycles. The van der Waals surface area contributed by atoms with Crippen LogP contribution in [0.2, 0.25) is 0 Å². The minimum absolute atomic E-state index is 0.134. The molecule has 3 aliphatic rings. The second-order valence-electron chi connectivity index (χ2n) is 10.2. The zero-order valence-corrected chi connectivity index (χ0v) is 21.4. The van der Waals surface area contributed by atoms with E-state index in [9.17, 15) is 9.59 Å². The smallest absolute Gasteiger partial charge is 0.161 e. The van der Waals surface area contributed by atoms with Gasteiger partial charge in [0.05, 0.1) is 7.11 Å². The molecule has 0 amide bonds. The lowest BCUT2D eigenvalue weighted by molar-refractivity contribution is -0.116. The number of hydrogen-bond acceptors (Lipinski definition) is 5. The molecule has 5 nitrogen and oxygen atoms in total. The number of nitrogens with one attached hydrogen (secondary N) is 1. The van der Waals surface area contributed by atoms with Gasteiger partial charge < -0.3 is 14.8 Å². The minimum Gasteiger partial charge on any atom is -0.493 e. The lowest BCUT2D eigenvalue weighted by atomic mass is 9.71. The number of aryl methyl sites for hydroxylation is 1. The molecule has 0 fully saturated rings. The van der Waals surface area contributed by atoms with Crippen molar-refractivity contribution in [3.8, 4) is 11.5 Å². The van der Waals surface area contributed by atoms with Crippen molar-refractivity contribution in [2.45, 2.75) is 58.0 Å². The highest BCUT2D eigenvalue weighted by Crippen LogP contribution is 2.46. The second kappa shape index (κ2) is 9.55. The molecule has 0 unspecified atom stereocenters. The summed E-state index contributed by atoms with van der Waals surface area (Å²) in [5.41, 5.74) is 6.70. The first kappa shape index (κ1) is 23.5. The Labute approximate surface area is 217 Å². The first-order chi connectivity index (χ1) is 18.0. The summed E-state index contributed by atoms with van der Waals surface area (Å²) >= 11 is 0. The number of hydrogen-bond donors (Lipinski definition) is 1. The van der Waals surface area contributed by atoms with Gasteiger partial charge in [0, 0.05) is 46.9 Å². The molecule has 3 aromatic rings. The van der Waals surface area contributed by atoms with Crippen LogP contribution in [0.25, 0.3) is 10.8 Å². The van der Waals surface area contributed by atoms with Crippen LogP contribution >= 0.6 is 0 Å². The number of carbonyl (C=O) groups is 2. The maximum Gasteiger partial charge on any atom is 0.161 e. The fraction of sp³-hybridized carbons (Fsp3) is 0.312. The predicted molar refractivity (Wildman–Crippen MR) is 144 cm³/mol. The van der Waals surface area contributed by atoms with Gasteiger partial charge in [0.1, 0.15) is 6.61 Å². The molecule has 1 N–H and O–H groups in total. The molecule has 5 heteroatoms. The lowest BCUT2D eigenvalue weighted by Crippen LogP contribution is -2.36. The molecule has 0 saturated carbocycles. The Morgan fingerprint density at radius 3 is 2.24 bits per heavy atom. The molecule has 6 rings (SSSR count). The first-order valence-corrected chi connectivity index (χ1v) is 13.1. The summed E-state index contributed by atoms with van der Waals surface area (Å²) in [5.74, 6) is 1.16. The summed E-state index contributed by atoms with van der Waals surface area (Å²) < 4.78 is 12.1. The van der Waals surface area contributed by atoms with Crippen LogP contribution in [-0.4, -0.2) is 18.7 Å². The number of carbonyl (C=O) groups excluding carboxylic acids is 2. The van der Waals surface area contributed by atoms with Gasteiger partial charge in [0.2, 0.25) is 0 Å². The third kappa shape index (κ3) is 4.12. The van der Waals surface area contributed by atoms with Gasteiger partial charge in [-0.2, -0.15) is 0 Å². The van der Waals surface area contributed by atoms with Crippen molar-refractivity contribution in [3.63, 3.8) is 0 Å². The van der Waals surface area contributed by atoms with Crippen molar-refractivity contribution >= 4 is 22.3 Å². The number of dihydropyridines is 1. The molecule has 3 aromatic carbocycles. The molecule has 1 aliphatic heterocycles. The molecule has 0 radical (unpaired) electrons. The van der Waals surface area contributed by atoms with Crippen molar-refractivity contribution in [1.82, 2.24) is 5.32 Å². The van der Waals surface area contributed by atoms with Gasteiger partial charge in [-0.3, -0.25) is 9.59 Å². The van der Waals surface area contributed by atoms with Gasteiger partial charge in [0.15, 0.2) is 23.1 Å². The number of allylic oxidation sites excluding steroid dienone is 4. The van der Waals surface area contributed by atoms with Crippen LogP contribution in [0.1, 0.15) is 61.1 Å². The third-order valence-electron chi connectivity index (χ3n) is 7.96. The molecule has 37 heavy (non-hydrogen) atoms. The summed E-state index contributed by atoms with van der Waals surface area (Å²) in [6, 6.07) is 18.4. The van der Waals surface area contributed by atoms with Gasteiger partial charge >= 0.3 is 0 Å². The highest BCUT2D eigenvalue weighted by Gasteiger charge is 2.40. The Hall–Kier alpha value is -3.86. The Bertz CT molecular complexity index is 1450. The summed E-state index contributed by atoms with van der Waals surface area (Å²) in [6.07, 6.45) is 4.42. The summed E-state index contributed by atoms with van der Waals surface area (Å²) in [7, 11) is 1.63. The van der Waals surface area contributed by atoms with Gasteiger partial charge in [0.25, 0.3) is 0 Å². The average Bonchev–Trinajstić information content (AvgIpc) is 2.92. The average molecular weight is 494 g/mol. The number of rotatable bonds is 5. The fourth-order valence-electron chi connectivity index (χ4n) is 6.09. The zero-order valence-electron chi connectivity index (χ0n) is 21.4. The molecule has 0 aromatic heterocycles. The number of fused-ring (bicyclic) bond motifs is 1. The topological polar surface area (TPSA) is 64.6 Å². The Morgan fingerprint density at radius 1 is 0.838 bits per heavy atom. The predicted octanol–water partition coefficient (Wildman–Crippen LogP) is 6.44. The van der Waals surface area contributed by atoms with Crippen molar-refractivity contribution in [2.24, 2.45) is 0 Å². The summed E-state index contributed by atoms with van der Waals surface area (Å²) in [6.45, 7) is 2.51. The quantitative estimate of drug-likeness (QED) is 0.443.